The molecule has 0 aliphatic heterocycles. The van der Waals surface area contributed by atoms with Gasteiger partial charge in [0.25, 0.3) is 14.2 Å². The number of halogens is 1. The van der Waals surface area contributed by atoms with E-state index in [-0.39, 0.29) is 11.2 Å². The van der Waals surface area contributed by atoms with Crippen LogP contribution in [0.3, 0.4) is 0 Å². The topological polar surface area (TPSA) is 93.5 Å². The van der Waals surface area contributed by atoms with Crippen LogP contribution in [0.15, 0.2) is 11.4 Å². The zero-order valence-electron chi connectivity index (χ0n) is 9.46. The highest BCUT2D eigenvalue weighted by molar-refractivity contribution is 8.13. The van der Waals surface area contributed by atoms with Crippen LogP contribution in [0.4, 0.5) is 0 Å². The average Bonchev–Trinajstić information content (AvgIpc) is 2.86. The van der Waals surface area contributed by atoms with Crippen molar-refractivity contribution in [3.8, 4) is 11.4 Å². The molecule has 1 N–H and O–H groups in total. The van der Waals surface area contributed by atoms with E-state index in [9.17, 15) is 8.42 Å². The molecule has 0 bridgehead atoms. The second-order valence-electron chi connectivity index (χ2n) is 4.25. The molecule has 2 aromatic rings. The molecule has 1 fully saturated rings. The number of aromatic nitrogens is 5. The molecule has 2 heterocycles. The molecule has 7 nitrogen and oxygen atoms in total. The van der Waals surface area contributed by atoms with Crippen molar-refractivity contribution in [2.24, 2.45) is 0 Å². The third kappa shape index (κ3) is 1.81. The number of nitrogens with one attached hydrogen (secondary N) is 1. The van der Waals surface area contributed by atoms with E-state index >= 15 is 0 Å². The summed E-state index contributed by atoms with van der Waals surface area (Å²) >= 11 is 0. The fourth-order valence-electron chi connectivity index (χ4n) is 1.86. The molecule has 0 atom stereocenters. The van der Waals surface area contributed by atoms with Crippen molar-refractivity contribution in [2.75, 3.05) is 0 Å². The smallest absolute Gasteiger partial charge is 0.294 e. The molecule has 1 aliphatic rings. The van der Waals surface area contributed by atoms with Gasteiger partial charge in [-0.1, -0.05) is 0 Å². The predicted octanol–water partition coefficient (Wildman–Crippen LogP) is 1.24. The maximum absolute atomic E-state index is 11.5. The molecule has 0 unspecified atom stereocenters. The number of hydrogen-bond donors (Lipinski definition) is 1. The monoisotopic (exact) mass is 287 g/mol. The molecule has 18 heavy (non-hydrogen) atoms. The van der Waals surface area contributed by atoms with Gasteiger partial charge in [0.2, 0.25) is 0 Å². The predicted molar refractivity (Wildman–Crippen MR) is 63.7 cm³/mol. The first-order chi connectivity index (χ1) is 8.48. The van der Waals surface area contributed by atoms with Gasteiger partial charge in [-0.2, -0.15) is 5.10 Å². The first-order valence-corrected chi connectivity index (χ1v) is 7.69. The van der Waals surface area contributed by atoms with Crippen LogP contribution in [0, 0.1) is 6.92 Å². The van der Waals surface area contributed by atoms with Crippen LogP contribution in [0.2, 0.25) is 0 Å². The number of nitrogens with zero attached hydrogens (tertiary/aromatic N) is 4. The van der Waals surface area contributed by atoms with E-state index in [2.05, 4.69) is 20.4 Å². The molecule has 2 aromatic heterocycles. The highest BCUT2D eigenvalue weighted by Gasteiger charge is 2.34. The van der Waals surface area contributed by atoms with Gasteiger partial charge in [-0.3, -0.25) is 9.67 Å². The van der Waals surface area contributed by atoms with Crippen LogP contribution < -0.4 is 0 Å². The van der Waals surface area contributed by atoms with Crippen LogP contribution in [-0.2, 0) is 9.05 Å². The largest absolute Gasteiger partial charge is 0.296 e. The van der Waals surface area contributed by atoms with Crippen LogP contribution in [-0.4, -0.2) is 33.4 Å². The lowest BCUT2D eigenvalue weighted by Gasteiger charge is -2.06. The van der Waals surface area contributed by atoms with E-state index in [1.807, 2.05) is 6.92 Å². The van der Waals surface area contributed by atoms with Crippen LogP contribution in [0.25, 0.3) is 11.4 Å². The Bertz CT molecular complexity index is 700. The first kappa shape index (κ1) is 11.7. The van der Waals surface area contributed by atoms with Gasteiger partial charge in [-0.15, -0.1) is 10.2 Å². The van der Waals surface area contributed by atoms with Crippen LogP contribution >= 0.6 is 10.7 Å². The molecular weight excluding hydrogens is 278 g/mol. The Morgan fingerprint density at radius 1 is 1.44 bits per heavy atom. The summed E-state index contributed by atoms with van der Waals surface area (Å²) in [6, 6.07) is 0.104. The fourth-order valence-corrected chi connectivity index (χ4v) is 2.79. The lowest BCUT2D eigenvalue weighted by molar-refractivity contribution is 0.579. The van der Waals surface area contributed by atoms with Crippen molar-refractivity contribution in [3.63, 3.8) is 0 Å². The summed E-state index contributed by atoms with van der Waals surface area (Å²) in [4.78, 5) is 0. The number of rotatable bonds is 3. The average molecular weight is 288 g/mol. The van der Waals surface area contributed by atoms with E-state index in [1.165, 1.54) is 0 Å². The second-order valence-corrected chi connectivity index (χ2v) is 6.71. The molecule has 0 aromatic carbocycles. The van der Waals surface area contributed by atoms with Gasteiger partial charge in [-0.25, -0.2) is 8.42 Å². The minimum absolute atomic E-state index is 0.104. The molecule has 0 amide bonds. The summed E-state index contributed by atoms with van der Waals surface area (Å²) in [6.07, 6.45) is 3.41. The van der Waals surface area contributed by atoms with Crippen molar-refractivity contribution in [1.82, 2.24) is 25.0 Å². The van der Waals surface area contributed by atoms with Gasteiger partial charge >= 0.3 is 0 Å². The maximum Gasteiger partial charge on any atom is 0.296 e. The summed E-state index contributed by atoms with van der Waals surface area (Å²) in [5, 5.41) is 14.1. The molecule has 0 spiro atoms. The van der Waals surface area contributed by atoms with Gasteiger partial charge in [0.1, 0.15) is 0 Å². The molecule has 0 saturated heterocycles. The van der Waals surface area contributed by atoms with E-state index in [1.54, 1.807) is 10.8 Å². The van der Waals surface area contributed by atoms with Gasteiger partial charge in [-0.05, 0) is 19.8 Å². The number of hydrogen-bond acceptors (Lipinski definition) is 5. The van der Waals surface area contributed by atoms with Crippen LogP contribution in [0.5, 0.6) is 0 Å². The second kappa shape index (κ2) is 3.79. The summed E-state index contributed by atoms with van der Waals surface area (Å²) in [5.41, 5.74) is 1.55. The summed E-state index contributed by atoms with van der Waals surface area (Å²) in [6.45, 7) is 1.84. The van der Waals surface area contributed by atoms with Gasteiger partial charge in [0.05, 0.1) is 11.8 Å². The first-order valence-electron chi connectivity index (χ1n) is 5.38. The minimum Gasteiger partial charge on any atom is -0.294 e. The molecule has 0 radical (unpaired) electrons. The molecule has 96 valence electrons. The Labute approximate surface area is 108 Å². The van der Waals surface area contributed by atoms with Gasteiger partial charge in [0.15, 0.2) is 5.82 Å². The van der Waals surface area contributed by atoms with Crippen molar-refractivity contribution >= 4 is 19.7 Å². The van der Waals surface area contributed by atoms with E-state index in [0.717, 1.165) is 24.1 Å². The van der Waals surface area contributed by atoms with E-state index in [0.29, 0.717) is 5.82 Å². The Morgan fingerprint density at radius 2 is 2.17 bits per heavy atom. The minimum atomic E-state index is -3.89. The maximum atomic E-state index is 11.5. The molecule has 3 rings (SSSR count). The van der Waals surface area contributed by atoms with Crippen molar-refractivity contribution in [1.29, 1.82) is 0 Å². The Kier molecular flexibility index (Phi) is 2.46. The SMILES string of the molecule is Cc1[nH]ncc1-c1nnc(S(=O)(=O)Cl)n1C1CC1. The zero-order valence-corrected chi connectivity index (χ0v) is 11.0. The van der Waals surface area contributed by atoms with Crippen molar-refractivity contribution in [2.45, 2.75) is 31.0 Å². The highest BCUT2D eigenvalue weighted by atomic mass is 35.7. The van der Waals surface area contributed by atoms with Crippen LogP contribution in [0.1, 0.15) is 24.6 Å². The summed E-state index contributed by atoms with van der Waals surface area (Å²) in [5.74, 6) is 0.489. The van der Waals surface area contributed by atoms with Crippen molar-refractivity contribution < 1.29 is 8.42 Å². The number of aromatic amines is 1. The molecule has 1 saturated carbocycles. The lowest BCUT2D eigenvalue weighted by Crippen LogP contribution is -2.06. The molecule has 9 heteroatoms. The Morgan fingerprint density at radius 3 is 2.67 bits per heavy atom. The van der Waals surface area contributed by atoms with Crippen molar-refractivity contribution in [3.05, 3.63) is 11.9 Å². The zero-order chi connectivity index (χ0) is 12.9. The van der Waals surface area contributed by atoms with E-state index < -0.39 is 9.05 Å². The fraction of sp³-hybridized carbons (Fsp3) is 0.444. The molecular formula is C9H10ClN5O2S. The quantitative estimate of drug-likeness (QED) is 0.857. The molecule has 1 aliphatic carbocycles. The third-order valence-corrected chi connectivity index (χ3v) is 3.99. The standard InChI is InChI=1S/C9H10ClN5O2S/c1-5-7(4-11-12-5)8-13-14-9(18(10,16)17)15(8)6-2-3-6/h4,6H,2-3H2,1H3,(H,11,12). The normalized spacial score (nSPS) is 16.1. The summed E-state index contributed by atoms with van der Waals surface area (Å²) in [7, 11) is 1.48. The number of aryl methyl sites for hydroxylation is 1. The van der Waals surface area contributed by atoms with Gasteiger partial charge in [0, 0.05) is 22.4 Å². The number of H-pyrrole nitrogens is 1. The van der Waals surface area contributed by atoms with Gasteiger partial charge < -0.3 is 0 Å². The van der Waals surface area contributed by atoms with E-state index in [4.69, 9.17) is 10.7 Å². The summed E-state index contributed by atoms with van der Waals surface area (Å²) < 4.78 is 24.5. The Balaban J connectivity index is 2.23. The highest BCUT2D eigenvalue weighted by Crippen LogP contribution is 2.40. The Hall–Kier alpha value is -1.41. The third-order valence-electron chi connectivity index (χ3n) is 2.87. The lowest BCUT2D eigenvalue weighted by atomic mass is 10.2.